The molecular weight excluding hydrogens is 234 g/mol. The van der Waals surface area contributed by atoms with E-state index in [1.165, 1.54) is 4.90 Å². The predicted octanol–water partition coefficient (Wildman–Crippen LogP) is -0.0103. The second-order valence-electron chi connectivity index (χ2n) is 3.86. The minimum absolute atomic E-state index is 0.145. The van der Waals surface area contributed by atoms with Gasteiger partial charge in [-0.15, -0.1) is 0 Å². The van der Waals surface area contributed by atoms with Crippen molar-refractivity contribution in [2.45, 2.75) is 0 Å². The fourth-order valence-corrected chi connectivity index (χ4v) is 1.83. The fourth-order valence-electron chi connectivity index (χ4n) is 1.83. The molecule has 1 heterocycles. The van der Waals surface area contributed by atoms with Crippen molar-refractivity contribution in [3.8, 4) is 0 Å². The molecule has 0 radical (unpaired) electrons. The third-order valence-electron chi connectivity index (χ3n) is 2.70. The summed E-state index contributed by atoms with van der Waals surface area (Å²) in [6.45, 7) is 0.0728. The second-order valence-corrected chi connectivity index (χ2v) is 3.86. The van der Waals surface area contributed by atoms with E-state index in [4.69, 9.17) is 10.2 Å². The summed E-state index contributed by atoms with van der Waals surface area (Å²) in [5.41, 5.74) is 1.10. The Bertz CT molecular complexity index is 532. The minimum Gasteiger partial charge on any atom is -0.395 e. The Morgan fingerprint density at radius 2 is 1.89 bits per heavy atom. The van der Waals surface area contributed by atoms with E-state index in [1.54, 1.807) is 0 Å². The standard InChI is InChI=1S/C12H15N3O3/c16-7-5-15(6-8-17)12(18)11-9-3-1-2-4-10(9)13-14-11/h1-4,16-17H,5-8H2,(H,13,14). The normalized spacial score (nSPS) is 10.8. The molecule has 6 nitrogen and oxygen atoms in total. The first-order valence-electron chi connectivity index (χ1n) is 5.72. The maximum atomic E-state index is 12.2. The number of rotatable bonds is 5. The monoisotopic (exact) mass is 249 g/mol. The molecule has 0 aliphatic rings. The minimum atomic E-state index is -0.296. The highest BCUT2D eigenvalue weighted by Crippen LogP contribution is 2.16. The fraction of sp³-hybridized carbons (Fsp3) is 0.333. The smallest absolute Gasteiger partial charge is 0.275 e. The van der Waals surface area contributed by atoms with Crippen LogP contribution >= 0.6 is 0 Å². The lowest BCUT2D eigenvalue weighted by molar-refractivity contribution is 0.0681. The van der Waals surface area contributed by atoms with Gasteiger partial charge < -0.3 is 15.1 Å². The zero-order valence-corrected chi connectivity index (χ0v) is 9.83. The molecule has 0 bridgehead atoms. The first-order valence-corrected chi connectivity index (χ1v) is 5.72. The highest BCUT2D eigenvalue weighted by Gasteiger charge is 2.19. The maximum Gasteiger partial charge on any atom is 0.275 e. The van der Waals surface area contributed by atoms with Gasteiger partial charge in [0.1, 0.15) is 0 Å². The number of carbonyl (C=O) groups is 1. The van der Waals surface area contributed by atoms with Gasteiger partial charge in [-0.05, 0) is 6.07 Å². The molecule has 96 valence electrons. The summed E-state index contributed by atoms with van der Waals surface area (Å²) < 4.78 is 0. The molecule has 1 aromatic heterocycles. The number of para-hydroxylation sites is 1. The molecule has 1 amide bonds. The number of benzene rings is 1. The number of amides is 1. The van der Waals surface area contributed by atoms with Crippen LogP contribution in [0.1, 0.15) is 10.5 Å². The molecule has 0 aliphatic heterocycles. The number of hydrogen-bond acceptors (Lipinski definition) is 4. The molecule has 3 N–H and O–H groups in total. The molecular formula is C12H15N3O3. The molecule has 0 saturated carbocycles. The van der Waals surface area contributed by atoms with Crippen LogP contribution in [0, 0.1) is 0 Å². The molecule has 6 heteroatoms. The Kier molecular flexibility index (Phi) is 3.91. The quantitative estimate of drug-likeness (QED) is 0.695. The van der Waals surface area contributed by atoms with Crippen LogP contribution in [-0.4, -0.2) is 57.5 Å². The topological polar surface area (TPSA) is 89.5 Å². The van der Waals surface area contributed by atoms with E-state index in [2.05, 4.69) is 10.2 Å². The van der Waals surface area contributed by atoms with Crippen LogP contribution in [0.5, 0.6) is 0 Å². The number of aromatic amines is 1. The van der Waals surface area contributed by atoms with Crippen molar-refractivity contribution in [1.29, 1.82) is 0 Å². The van der Waals surface area contributed by atoms with Gasteiger partial charge in [-0.3, -0.25) is 9.89 Å². The Hall–Kier alpha value is -1.92. The van der Waals surface area contributed by atoms with Crippen molar-refractivity contribution in [3.63, 3.8) is 0 Å². The van der Waals surface area contributed by atoms with Gasteiger partial charge in [0, 0.05) is 18.5 Å². The first kappa shape index (κ1) is 12.5. The van der Waals surface area contributed by atoms with Crippen molar-refractivity contribution < 1.29 is 15.0 Å². The average Bonchev–Trinajstić information content (AvgIpc) is 2.81. The number of fused-ring (bicyclic) bond motifs is 1. The van der Waals surface area contributed by atoms with E-state index in [0.717, 1.165) is 10.9 Å². The van der Waals surface area contributed by atoms with Gasteiger partial charge in [-0.25, -0.2) is 0 Å². The molecule has 0 aliphatic carbocycles. The van der Waals surface area contributed by atoms with E-state index in [0.29, 0.717) is 5.69 Å². The van der Waals surface area contributed by atoms with Crippen molar-refractivity contribution in [1.82, 2.24) is 15.1 Å². The average molecular weight is 249 g/mol. The Labute approximate surface area is 104 Å². The van der Waals surface area contributed by atoms with E-state index in [-0.39, 0.29) is 32.2 Å². The SMILES string of the molecule is O=C(c1n[nH]c2ccccc12)N(CCO)CCO. The first-order chi connectivity index (χ1) is 8.77. The van der Waals surface area contributed by atoms with Crippen molar-refractivity contribution >= 4 is 16.8 Å². The highest BCUT2D eigenvalue weighted by molar-refractivity contribution is 6.04. The zero-order valence-electron chi connectivity index (χ0n) is 9.83. The Morgan fingerprint density at radius 3 is 2.56 bits per heavy atom. The number of carbonyl (C=O) groups excluding carboxylic acids is 1. The molecule has 0 spiro atoms. The largest absolute Gasteiger partial charge is 0.395 e. The van der Waals surface area contributed by atoms with Gasteiger partial charge >= 0.3 is 0 Å². The van der Waals surface area contributed by atoms with Crippen molar-refractivity contribution in [3.05, 3.63) is 30.0 Å². The predicted molar refractivity (Wildman–Crippen MR) is 66.2 cm³/mol. The number of nitrogens with zero attached hydrogens (tertiary/aromatic N) is 2. The number of aliphatic hydroxyl groups excluding tert-OH is 2. The number of nitrogens with one attached hydrogen (secondary N) is 1. The van der Waals surface area contributed by atoms with Crippen LogP contribution in [0.3, 0.4) is 0 Å². The van der Waals surface area contributed by atoms with Gasteiger partial charge in [0.2, 0.25) is 0 Å². The van der Waals surface area contributed by atoms with Gasteiger partial charge in [0.15, 0.2) is 5.69 Å². The molecule has 0 fully saturated rings. The van der Waals surface area contributed by atoms with Gasteiger partial charge in [0.25, 0.3) is 5.91 Å². The number of aliphatic hydroxyl groups is 2. The van der Waals surface area contributed by atoms with E-state index >= 15 is 0 Å². The summed E-state index contributed by atoms with van der Waals surface area (Å²) in [5.74, 6) is -0.296. The van der Waals surface area contributed by atoms with Crippen molar-refractivity contribution in [2.75, 3.05) is 26.3 Å². The molecule has 1 aromatic carbocycles. The van der Waals surface area contributed by atoms with Crippen LogP contribution in [0.2, 0.25) is 0 Å². The van der Waals surface area contributed by atoms with Crippen LogP contribution in [-0.2, 0) is 0 Å². The molecule has 0 atom stereocenters. The molecule has 2 rings (SSSR count). The van der Waals surface area contributed by atoms with Crippen LogP contribution < -0.4 is 0 Å². The third kappa shape index (κ3) is 2.34. The van der Waals surface area contributed by atoms with Crippen LogP contribution in [0.15, 0.2) is 24.3 Å². The van der Waals surface area contributed by atoms with Gasteiger partial charge in [-0.1, -0.05) is 18.2 Å². The third-order valence-corrected chi connectivity index (χ3v) is 2.70. The van der Waals surface area contributed by atoms with E-state index in [9.17, 15) is 4.79 Å². The lowest BCUT2D eigenvalue weighted by Crippen LogP contribution is -2.36. The highest BCUT2D eigenvalue weighted by atomic mass is 16.3. The number of aromatic nitrogens is 2. The van der Waals surface area contributed by atoms with E-state index in [1.807, 2.05) is 24.3 Å². The van der Waals surface area contributed by atoms with Crippen LogP contribution in [0.4, 0.5) is 0 Å². The number of hydrogen-bond donors (Lipinski definition) is 3. The zero-order chi connectivity index (χ0) is 13.0. The summed E-state index contributed by atoms with van der Waals surface area (Å²) in [6.07, 6.45) is 0. The summed E-state index contributed by atoms with van der Waals surface area (Å²) in [5, 5.41) is 25.4. The Morgan fingerprint density at radius 1 is 1.22 bits per heavy atom. The summed E-state index contributed by atoms with van der Waals surface area (Å²) in [4.78, 5) is 13.6. The molecule has 2 aromatic rings. The lowest BCUT2D eigenvalue weighted by atomic mass is 10.2. The maximum absolute atomic E-state index is 12.2. The summed E-state index contributed by atoms with van der Waals surface area (Å²) in [7, 11) is 0. The van der Waals surface area contributed by atoms with Crippen LogP contribution in [0.25, 0.3) is 10.9 Å². The lowest BCUT2D eigenvalue weighted by Gasteiger charge is -2.19. The van der Waals surface area contributed by atoms with Gasteiger partial charge in [-0.2, -0.15) is 5.10 Å². The second kappa shape index (κ2) is 5.61. The summed E-state index contributed by atoms with van der Waals surface area (Å²) >= 11 is 0. The Balaban J connectivity index is 2.31. The molecule has 0 unspecified atom stereocenters. The molecule has 18 heavy (non-hydrogen) atoms. The van der Waals surface area contributed by atoms with E-state index < -0.39 is 0 Å². The van der Waals surface area contributed by atoms with Gasteiger partial charge in [0.05, 0.1) is 18.7 Å². The van der Waals surface area contributed by atoms with Crippen molar-refractivity contribution in [2.24, 2.45) is 0 Å². The number of H-pyrrole nitrogens is 1. The summed E-state index contributed by atoms with van der Waals surface area (Å²) in [6, 6.07) is 7.33. The molecule has 0 saturated heterocycles.